The number of likely N-dealkylation sites (tertiary alicyclic amines) is 1. The minimum atomic E-state index is -0.0130. The molecule has 0 saturated carbocycles. The smallest absolute Gasteiger partial charge is 0.227 e. The monoisotopic (exact) mass is 393 g/mol. The van der Waals surface area contributed by atoms with Crippen LogP contribution in [0.1, 0.15) is 30.9 Å². The van der Waals surface area contributed by atoms with Crippen LogP contribution in [-0.4, -0.2) is 56.0 Å². The Hall–Kier alpha value is -2.17. The summed E-state index contributed by atoms with van der Waals surface area (Å²) in [4.78, 5) is 17.8. The van der Waals surface area contributed by atoms with Crippen LogP contribution in [0.25, 0.3) is 0 Å². The van der Waals surface area contributed by atoms with Crippen molar-refractivity contribution in [3.05, 3.63) is 71.8 Å². The van der Waals surface area contributed by atoms with Gasteiger partial charge in [0, 0.05) is 25.2 Å². The molecule has 1 aliphatic rings. The molecule has 1 saturated heterocycles. The third-order valence-electron chi connectivity index (χ3n) is 6.38. The number of benzene rings is 2. The van der Waals surface area contributed by atoms with E-state index >= 15 is 0 Å². The molecule has 0 radical (unpaired) electrons. The Morgan fingerprint density at radius 3 is 2.17 bits per heavy atom. The summed E-state index contributed by atoms with van der Waals surface area (Å²) in [5, 5.41) is 3.39. The number of carbonyl (C=O) groups is 1. The molecule has 0 bridgehead atoms. The predicted molar refractivity (Wildman–Crippen MR) is 120 cm³/mol. The Balaban J connectivity index is 1.70. The van der Waals surface area contributed by atoms with Crippen molar-refractivity contribution in [3.8, 4) is 0 Å². The van der Waals surface area contributed by atoms with Crippen molar-refractivity contribution in [2.75, 3.05) is 40.3 Å². The average Bonchev–Trinajstić information content (AvgIpc) is 2.77. The number of hydrogen-bond donors (Lipinski definition) is 1. The summed E-state index contributed by atoms with van der Waals surface area (Å²) in [6, 6.07) is 21.1. The van der Waals surface area contributed by atoms with Gasteiger partial charge in [0.25, 0.3) is 0 Å². The largest absolute Gasteiger partial charge is 0.342 e. The van der Waals surface area contributed by atoms with E-state index in [4.69, 9.17) is 0 Å². The molecule has 156 valence electrons. The van der Waals surface area contributed by atoms with Crippen LogP contribution in [0, 0.1) is 5.92 Å². The molecule has 29 heavy (non-hydrogen) atoms. The van der Waals surface area contributed by atoms with Crippen LogP contribution < -0.4 is 5.32 Å². The van der Waals surface area contributed by atoms with Gasteiger partial charge in [0.2, 0.25) is 5.91 Å². The summed E-state index contributed by atoms with van der Waals surface area (Å²) in [5.74, 6) is 0.274. The second kappa shape index (κ2) is 10.0. The van der Waals surface area contributed by atoms with Gasteiger partial charge in [-0.1, -0.05) is 67.6 Å². The number of rotatable bonds is 8. The Kier molecular flexibility index (Phi) is 7.45. The predicted octanol–water partition coefficient (Wildman–Crippen LogP) is 3.53. The molecule has 3 rings (SSSR count). The second-order valence-corrected chi connectivity index (χ2v) is 8.31. The standard InChI is InChI=1S/C25H35N3O/c1-4-26-20-22(19-21-11-7-5-8-12-21)24(29)28-17-15-25(16-18-28,27(2)3)23-13-9-6-10-14-23/h5-14,22,26H,4,15-20H2,1-3H3. The second-order valence-electron chi connectivity index (χ2n) is 8.31. The van der Waals surface area contributed by atoms with Gasteiger partial charge in [-0.2, -0.15) is 0 Å². The summed E-state index contributed by atoms with van der Waals surface area (Å²) in [7, 11) is 4.32. The summed E-state index contributed by atoms with van der Waals surface area (Å²) in [5.41, 5.74) is 2.59. The van der Waals surface area contributed by atoms with Crippen LogP contribution in [0.4, 0.5) is 0 Å². The van der Waals surface area contributed by atoms with E-state index in [9.17, 15) is 4.79 Å². The van der Waals surface area contributed by atoms with Gasteiger partial charge in [-0.25, -0.2) is 0 Å². The van der Waals surface area contributed by atoms with Crippen molar-refractivity contribution in [2.24, 2.45) is 5.92 Å². The van der Waals surface area contributed by atoms with Crippen LogP contribution in [0.5, 0.6) is 0 Å². The lowest BCUT2D eigenvalue weighted by Gasteiger charge is -2.47. The highest BCUT2D eigenvalue weighted by Gasteiger charge is 2.40. The van der Waals surface area contributed by atoms with Gasteiger partial charge in [-0.05, 0) is 51.0 Å². The summed E-state index contributed by atoms with van der Waals surface area (Å²) in [6.07, 6.45) is 2.73. The molecule has 4 heteroatoms. The zero-order chi connectivity index (χ0) is 20.7. The van der Waals surface area contributed by atoms with Gasteiger partial charge in [-0.3, -0.25) is 9.69 Å². The van der Waals surface area contributed by atoms with Crippen molar-refractivity contribution >= 4 is 5.91 Å². The minimum Gasteiger partial charge on any atom is -0.342 e. The lowest BCUT2D eigenvalue weighted by Crippen LogP contribution is -2.53. The highest BCUT2D eigenvalue weighted by molar-refractivity contribution is 5.79. The molecular formula is C25H35N3O. The Bertz CT molecular complexity index is 752. The van der Waals surface area contributed by atoms with E-state index in [-0.39, 0.29) is 17.4 Å². The third-order valence-corrected chi connectivity index (χ3v) is 6.38. The van der Waals surface area contributed by atoms with Crippen LogP contribution >= 0.6 is 0 Å². The lowest BCUT2D eigenvalue weighted by molar-refractivity contribution is -0.138. The van der Waals surface area contributed by atoms with Gasteiger partial charge in [0.05, 0.1) is 5.92 Å². The topological polar surface area (TPSA) is 35.6 Å². The molecule has 0 spiro atoms. The van der Waals surface area contributed by atoms with E-state index < -0.39 is 0 Å². The summed E-state index contributed by atoms with van der Waals surface area (Å²) >= 11 is 0. The fourth-order valence-corrected chi connectivity index (χ4v) is 4.56. The molecule has 4 nitrogen and oxygen atoms in total. The van der Waals surface area contributed by atoms with Gasteiger partial charge >= 0.3 is 0 Å². The van der Waals surface area contributed by atoms with Gasteiger partial charge in [0.1, 0.15) is 0 Å². The maximum Gasteiger partial charge on any atom is 0.227 e. The molecule has 2 aromatic rings. The summed E-state index contributed by atoms with van der Waals surface area (Å²) in [6.45, 7) is 5.33. The van der Waals surface area contributed by atoms with Gasteiger partial charge in [-0.15, -0.1) is 0 Å². The van der Waals surface area contributed by atoms with Crippen LogP contribution in [0.15, 0.2) is 60.7 Å². The number of carbonyl (C=O) groups excluding carboxylic acids is 1. The van der Waals surface area contributed by atoms with E-state index in [1.807, 2.05) is 6.07 Å². The van der Waals surface area contributed by atoms with Crippen LogP contribution in [0.2, 0.25) is 0 Å². The normalized spacial score (nSPS) is 17.3. The number of nitrogens with zero attached hydrogens (tertiary/aromatic N) is 2. The number of amides is 1. The van der Waals surface area contributed by atoms with Crippen molar-refractivity contribution in [2.45, 2.75) is 31.7 Å². The Morgan fingerprint density at radius 1 is 1.03 bits per heavy atom. The summed E-state index contributed by atoms with van der Waals surface area (Å²) < 4.78 is 0. The third kappa shape index (κ3) is 5.06. The quantitative estimate of drug-likeness (QED) is 0.745. The van der Waals surface area contributed by atoms with Crippen LogP contribution in [0.3, 0.4) is 0 Å². The molecular weight excluding hydrogens is 358 g/mol. The maximum atomic E-state index is 13.4. The van der Waals surface area contributed by atoms with Gasteiger partial charge < -0.3 is 10.2 Å². The van der Waals surface area contributed by atoms with Crippen molar-refractivity contribution in [1.29, 1.82) is 0 Å². The number of nitrogens with one attached hydrogen (secondary N) is 1. The average molecular weight is 394 g/mol. The first kappa shape index (κ1) is 21.5. The fourth-order valence-electron chi connectivity index (χ4n) is 4.56. The van der Waals surface area contributed by atoms with E-state index in [0.29, 0.717) is 0 Å². The zero-order valence-corrected chi connectivity index (χ0v) is 18.1. The van der Waals surface area contributed by atoms with E-state index in [1.165, 1.54) is 11.1 Å². The first-order chi connectivity index (χ1) is 14.1. The molecule has 1 amide bonds. The molecule has 1 atom stereocenters. The number of piperidine rings is 1. The molecule has 2 aromatic carbocycles. The highest BCUT2D eigenvalue weighted by atomic mass is 16.2. The molecule has 0 aliphatic carbocycles. The van der Waals surface area contributed by atoms with E-state index in [2.05, 4.69) is 90.7 Å². The lowest BCUT2D eigenvalue weighted by atomic mass is 9.79. The van der Waals surface area contributed by atoms with Gasteiger partial charge in [0.15, 0.2) is 0 Å². The first-order valence-electron chi connectivity index (χ1n) is 10.8. The van der Waals surface area contributed by atoms with E-state index in [1.54, 1.807) is 0 Å². The molecule has 0 aromatic heterocycles. The van der Waals surface area contributed by atoms with E-state index in [0.717, 1.165) is 45.4 Å². The van der Waals surface area contributed by atoms with Crippen molar-refractivity contribution in [3.63, 3.8) is 0 Å². The Morgan fingerprint density at radius 2 is 1.62 bits per heavy atom. The molecule has 1 N–H and O–H groups in total. The highest BCUT2D eigenvalue weighted by Crippen LogP contribution is 2.37. The molecule has 1 unspecified atom stereocenters. The molecule has 1 fully saturated rings. The van der Waals surface area contributed by atoms with Crippen LogP contribution in [-0.2, 0) is 16.8 Å². The molecule has 1 heterocycles. The number of hydrogen-bond acceptors (Lipinski definition) is 3. The fraction of sp³-hybridized carbons (Fsp3) is 0.480. The first-order valence-corrected chi connectivity index (χ1v) is 10.8. The van der Waals surface area contributed by atoms with Crippen molar-refractivity contribution < 1.29 is 4.79 Å². The zero-order valence-electron chi connectivity index (χ0n) is 18.1. The Labute approximate surface area is 175 Å². The SMILES string of the molecule is CCNCC(Cc1ccccc1)C(=O)N1CCC(c2ccccc2)(N(C)C)CC1. The maximum absolute atomic E-state index is 13.4. The van der Waals surface area contributed by atoms with Crippen molar-refractivity contribution in [1.82, 2.24) is 15.1 Å². The molecule has 1 aliphatic heterocycles. The minimum absolute atomic E-state index is 0.00857.